The Morgan fingerprint density at radius 3 is 2.17 bits per heavy atom. The van der Waals surface area contributed by atoms with E-state index in [0.29, 0.717) is 0 Å². The molecule has 0 aliphatic heterocycles. The summed E-state index contributed by atoms with van der Waals surface area (Å²) in [4.78, 5) is 0.212. The predicted molar refractivity (Wildman–Crippen MR) is 64.6 cm³/mol. The van der Waals surface area contributed by atoms with Gasteiger partial charge in [-0.3, -0.25) is 0 Å². The minimum atomic E-state index is -3.63. The molecule has 0 aromatic heterocycles. The molecule has 0 unspecified atom stereocenters. The van der Waals surface area contributed by atoms with Gasteiger partial charge in [0, 0.05) is 0 Å². The Labute approximate surface area is 118 Å². The van der Waals surface area contributed by atoms with Crippen molar-refractivity contribution >= 4 is 10.1 Å². The molecule has 0 amide bonds. The van der Waals surface area contributed by atoms with E-state index in [0.717, 1.165) is 9.13 Å². The third kappa shape index (κ3) is 3.54. The van der Waals surface area contributed by atoms with Crippen molar-refractivity contribution in [3.63, 3.8) is 0 Å². The Bertz CT molecular complexity index is 606. The van der Waals surface area contributed by atoms with Crippen LogP contribution in [0.3, 0.4) is 0 Å². The average molecular weight is 375 g/mol. The number of halogens is 1. The van der Waals surface area contributed by atoms with Crippen molar-refractivity contribution in [2.45, 2.75) is 11.8 Å². The molecule has 2 aromatic carbocycles. The molecule has 2 aromatic rings. The summed E-state index contributed by atoms with van der Waals surface area (Å²) in [5, 5.41) is 0. The van der Waals surface area contributed by atoms with E-state index in [1.54, 1.807) is 24.3 Å². The number of rotatable bonds is 4. The van der Waals surface area contributed by atoms with Crippen LogP contribution in [-0.2, 0) is 12.6 Å². The second kappa shape index (κ2) is 5.81. The molecule has 3 nitrogen and oxygen atoms in total. The number of aryl methyl sites for hydroxylation is 1. The van der Waals surface area contributed by atoms with Crippen LogP contribution in [0.4, 0.5) is 0 Å². The van der Waals surface area contributed by atoms with Crippen LogP contribution in [0.2, 0.25) is 0 Å². The van der Waals surface area contributed by atoms with Crippen LogP contribution in [-0.4, -0.2) is 8.42 Å². The molecule has 0 saturated heterocycles. The standard InChI is InChI=1S/C13H12IO3S/c1-11-7-9-13(10-8-11)18(15,16)17-14-12-5-3-2-4-6-12/h2-10H,1H3/q-1. The van der Waals surface area contributed by atoms with Gasteiger partial charge in [0.15, 0.2) is 0 Å². The average Bonchev–Trinajstić information content (AvgIpc) is 2.38. The van der Waals surface area contributed by atoms with Crippen LogP contribution in [0.15, 0.2) is 59.5 Å². The minimum absolute atomic E-state index is 0.212. The summed E-state index contributed by atoms with van der Waals surface area (Å²) in [5.41, 5.74) is 1.02. The van der Waals surface area contributed by atoms with E-state index in [4.69, 9.17) is 2.51 Å². The fraction of sp³-hybridized carbons (Fsp3) is 0.0769. The van der Waals surface area contributed by atoms with E-state index in [1.807, 2.05) is 37.3 Å². The van der Waals surface area contributed by atoms with Gasteiger partial charge in [0.1, 0.15) is 0 Å². The molecule has 0 atom stereocenters. The maximum absolute atomic E-state index is 11.9. The molecule has 2 rings (SSSR count). The van der Waals surface area contributed by atoms with Gasteiger partial charge in [-0.1, -0.05) is 0 Å². The van der Waals surface area contributed by atoms with Gasteiger partial charge < -0.3 is 0 Å². The summed E-state index contributed by atoms with van der Waals surface area (Å²) in [5.74, 6) is 0. The normalized spacial score (nSPS) is 11.6. The maximum atomic E-state index is 11.9. The van der Waals surface area contributed by atoms with Crippen molar-refractivity contribution in [3.8, 4) is 0 Å². The Morgan fingerprint density at radius 2 is 1.56 bits per heavy atom. The zero-order valence-electron chi connectivity index (χ0n) is 9.71. The van der Waals surface area contributed by atoms with Gasteiger partial charge in [-0.2, -0.15) is 0 Å². The van der Waals surface area contributed by atoms with Crippen molar-refractivity contribution < 1.29 is 32.6 Å². The summed E-state index contributed by atoms with van der Waals surface area (Å²) in [6.45, 7) is 1.91. The summed E-state index contributed by atoms with van der Waals surface area (Å²) in [6.07, 6.45) is 0. The Kier molecular flexibility index (Phi) is 4.36. The summed E-state index contributed by atoms with van der Waals surface area (Å²) in [7, 11) is -3.63. The fourth-order valence-electron chi connectivity index (χ4n) is 1.29. The van der Waals surface area contributed by atoms with Crippen molar-refractivity contribution in [3.05, 3.63) is 63.7 Å². The fourth-order valence-corrected chi connectivity index (χ4v) is 4.65. The van der Waals surface area contributed by atoms with E-state index in [9.17, 15) is 8.42 Å². The van der Waals surface area contributed by atoms with Crippen LogP contribution < -0.4 is 21.6 Å². The molecule has 18 heavy (non-hydrogen) atoms. The van der Waals surface area contributed by atoms with Gasteiger partial charge in [0.05, 0.1) is 0 Å². The molecule has 0 aliphatic rings. The number of hydrogen-bond donors (Lipinski definition) is 0. The van der Waals surface area contributed by atoms with Gasteiger partial charge in [0.25, 0.3) is 0 Å². The molecule has 0 aliphatic carbocycles. The Balaban J connectivity index is 2.11. The molecule has 0 saturated carbocycles. The van der Waals surface area contributed by atoms with E-state index in [2.05, 4.69) is 0 Å². The van der Waals surface area contributed by atoms with Crippen molar-refractivity contribution in [1.29, 1.82) is 0 Å². The molecule has 0 N–H and O–H groups in total. The molecular formula is C13H12IO3S-. The third-order valence-corrected chi connectivity index (χ3v) is 6.51. The molecule has 96 valence electrons. The summed E-state index contributed by atoms with van der Waals surface area (Å²) < 4.78 is 29.9. The molecular weight excluding hydrogens is 363 g/mol. The first-order valence-corrected chi connectivity index (χ1v) is 8.65. The first-order valence-electron chi connectivity index (χ1n) is 5.28. The molecule has 5 heteroatoms. The van der Waals surface area contributed by atoms with Crippen LogP contribution in [0.1, 0.15) is 5.56 Å². The van der Waals surface area contributed by atoms with Gasteiger partial charge in [0.2, 0.25) is 0 Å². The predicted octanol–water partition coefficient (Wildman–Crippen LogP) is -0.426. The van der Waals surface area contributed by atoms with Crippen molar-refractivity contribution in [1.82, 2.24) is 0 Å². The van der Waals surface area contributed by atoms with Crippen LogP contribution in [0.25, 0.3) is 0 Å². The topological polar surface area (TPSA) is 43.4 Å². The van der Waals surface area contributed by atoms with Crippen LogP contribution in [0, 0.1) is 10.5 Å². The number of hydrogen-bond acceptors (Lipinski definition) is 3. The van der Waals surface area contributed by atoms with E-state index < -0.39 is 31.7 Å². The quantitative estimate of drug-likeness (QED) is 0.682. The van der Waals surface area contributed by atoms with Gasteiger partial charge >= 0.3 is 118 Å². The number of benzene rings is 2. The summed E-state index contributed by atoms with van der Waals surface area (Å²) in [6, 6.07) is 16.0. The molecule has 0 spiro atoms. The van der Waals surface area contributed by atoms with Crippen molar-refractivity contribution in [2.75, 3.05) is 0 Å². The molecule has 0 radical (unpaired) electrons. The first-order chi connectivity index (χ1) is 8.58. The second-order valence-corrected chi connectivity index (χ2v) is 7.97. The Morgan fingerprint density at radius 1 is 0.944 bits per heavy atom. The Hall–Kier alpha value is -0.920. The second-order valence-electron chi connectivity index (χ2n) is 3.70. The van der Waals surface area contributed by atoms with Gasteiger partial charge in [-0.15, -0.1) is 0 Å². The summed E-state index contributed by atoms with van der Waals surface area (Å²) >= 11 is -0.985. The SMILES string of the molecule is Cc1ccc(S(=O)(=O)O[I-]c2ccccc2)cc1. The third-order valence-electron chi connectivity index (χ3n) is 2.25. The molecule has 0 fully saturated rings. The zero-order valence-corrected chi connectivity index (χ0v) is 12.7. The first kappa shape index (κ1) is 13.5. The zero-order chi connectivity index (χ0) is 13.0. The van der Waals surface area contributed by atoms with E-state index in [-0.39, 0.29) is 4.90 Å². The van der Waals surface area contributed by atoms with Gasteiger partial charge in [-0.05, 0) is 0 Å². The van der Waals surface area contributed by atoms with Crippen LogP contribution >= 0.6 is 0 Å². The monoisotopic (exact) mass is 375 g/mol. The van der Waals surface area contributed by atoms with Crippen LogP contribution in [0.5, 0.6) is 0 Å². The van der Waals surface area contributed by atoms with E-state index >= 15 is 0 Å². The molecule has 0 heterocycles. The van der Waals surface area contributed by atoms with Gasteiger partial charge in [-0.25, -0.2) is 0 Å². The molecule has 0 bridgehead atoms. The van der Waals surface area contributed by atoms with Crippen molar-refractivity contribution in [2.24, 2.45) is 0 Å². The van der Waals surface area contributed by atoms with E-state index in [1.165, 1.54) is 0 Å².